The Morgan fingerprint density at radius 1 is 1.08 bits per heavy atom. The minimum atomic E-state index is -0.682. The number of benzodiazepines with no additional fused rings is 1. The standard InChI is InChI=1S/C27H29N8O2/c1-18-24(29-23(19-9-5-4-6-10-19)20-11-7-8-12-21(20)28-18)30-26-32-31-25(37-26)27(2)22(17-34(3)33-27)35-13-15-36-16-14-35/h4-12,17,24,33H,1,13-16H2,2-3H3,(H,30,32)/q-1/t24-,27?/m1/s1. The number of nitrogens with one attached hydrogen (secondary N) is 2. The predicted molar refractivity (Wildman–Crippen MR) is 141 cm³/mol. The average Bonchev–Trinajstić information content (AvgIpc) is 3.48. The maximum Gasteiger partial charge on any atom is 0.317 e. The number of aromatic nitrogens is 2. The smallest absolute Gasteiger partial charge is 0.317 e. The molecule has 0 amide bonds. The van der Waals surface area contributed by atoms with Gasteiger partial charge in [0.05, 0.1) is 24.6 Å². The normalized spacial score (nSPS) is 23.6. The van der Waals surface area contributed by atoms with Crippen LogP contribution in [-0.4, -0.2) is 65.3 Å². The maximum atomic E-state index is 6.18. The van der Waals surface area contributed by atoms with Gasteiger partial charge in [0.1, 0.15) is 6.17 Å². The highest BCUT2D eigenvalue weighted by Crippen LogP contribution is 2.38. The highest BCUT2D eigenvalue weighted by atomic mass is 16.5. The first-order chi connectivity index (χ1) is 18.0. The monoisotopic (exact) mass is 497 g/mol. The van der Waals surface area contributed by atoms with E-state index in [0.29, 0.717) is 24.8 Å². The summed E-state index contributed by atoms with van der Waals surface area (Å²) in [6.45, 7) is 9.20. The van der Waals surface area contributed by atoms with Crippen molar-refractivity contribution < 1.29 is 9.15 Å². The van der Waals surface area contributed by atoms with Gasteiger partial charge in [-0.1, -0.05) is 59.7 Å². The molecular weight excluding hydrogens is 468 g/mol. The van der Waals surface area contributed by atoms with E-state index < -0.39 is 11.7 Å². The molecule has 10 nitrogen and oxygen atoms in total. The zero-order chi connectivity index (χ0) is 25.4. The second-order valence-corrected chi connectivity index (χ2v) is 9.38. The van der Waals surface area contributed by atoms with Gasteiger partial charge in [-0.3, -0.25) is 4.99 Å². The van der Waals surface area contributed by atoms with E-state index in [1.165, 1.54) is 0 Å². The van der Waals surface area contributed by atoms with Crippen LogP contribution in [-0.2, 0) is 10.3 Å². The first-order valence-electron chi connectivity index (χ1n) is 12.3. The fraction of sp³-hybridized carbons (Fsp3) is 0.296. The minimum absolute atomic E-state index is 0.248. The van der Waals surface area contributed by atoms with Crippen LogP contribution in [0.15, 0.2) is 88.2 Å². The van der Waals surface area contributed by atoms with E-state index in [1.807, 2.05) is 73.6 Å². The lowest BCUT2D eigenvalue weighted by Crippen LogP contribution is -2.48. The van der Waals surface area contributed by atoms with Crippen molar-refractivity contribution in [2.75, 3.05) is 38.7 Å². The highest BCUT2D eigenvalue weighted by Gasteiger charge is 2.44. The highest BCUT2D eigenvalue weighted by molar-refractivity contribution is 6.17. The summed E-state index contributed by atoms with van der Waals surface area (Å²) in [7, 11) is 1.95. The van der Waals surface area contributed by atoms with E-state index in [-0.39, 0.29) is 6.01 Å². The van der Waals surface area contributed by atoms with E-state index in [0.717, 1.165) is 41.3 Å². The van der Waals surface area contributed by atoms with Gasteiger partial charge in [0, 0.05) is 31.9 Å². The van der Waals surface area contributed by atoms with E-state index in [4.69, 9.17) is 19.5 Å². The Morgan fingerprint density at radius 2 is 1.84 bits per heavy atom. The van der Waals surface area contributed by atoms with Gasteiger partial charge in [0.25, 0.3) is 0 Å². The number of ether oxygens (including phenoxy) is 1. The molecule has 3 aliphatic heterocycles. The summed E-state index contributed by atoms with van der Waals surface area (Å²) < 4.78 is 11.7. The van der Waals surface area contributed by atoms with Crippen LogP contribution < -0.4 is 10.7 Å². The number of anilines is 1. The number of hydrazine groups is 1. The molecule has 0 saturated carbocycles. The van der Waals surface area contributed by atoms with Gasteiger partial charge in [-0.25, -0.2) is 5.43 Å². The zero-order valence-corrected chi connectivity index (χ0v) is 20.9. The Bertz CT molecular complexity index is 1360. The van der Waals surface area contributed by atoms with Crippen LogP contribution in [0.25, 0.3) is 5.32 Å². The van der Waals surface area contributed by atoms with E-state index in [9.17, 15) is 0 Å². The molecular formula is C27H29N8O2-. The summed E-state index contributed by atoms with van der Waals surface area (Å²) in [6, 6.07) is 18.2. The van der Waals surface area contributed by atoms with Gasteiger partial charge in [-0.15, -0.1) is 23.1 Å². The largest absolute Gasteiger partial charge is 0.658 e. The summed E-state index contributed by atoms with van der Waals surface area (Å²) >= 11 is 0. The third-order valence-corrected chi connectivity index (χ3v) is 6.74. The summed E-state index contributed by atoms with van der Waals surface area (Å²) in [6.07, 6.45) is 1.47. The lowest BCUT2D eigenvalue weighted by molar-refractivity contribution is 0.0446. The summed E-state index contributed by atoms with van der Waals surface area (Å²) in [4.78, 5) is 7.30. The third-order valence-electron chi connectivity index (χ3n) is 6.74. The second kappa shape index (κ2) is 9.38. The second-order valence-electron chi connectivity index (χ2n) is 9.38. The molecule has 2 N–H and O–H groups in total. The van der Waals surface area contributed by atoms with E-state index in [1.54, 1.807) is 0 Å². The summed E-state index contributed by atoms with van der Waals surface area (Å²) in [5, 5.41) is 18.7. The Balaban J connectivity index is 1.30. The molecule has 1 fully saturated rings. The van der Waals surface area contributed by atoms with Crippen LogP contribution in [0.5, 0.6) is 0 Å². The molecule has 0 spiro atoms. The molecule has 4 heterocycles. The van der Waals surface area contributed by atoms with Gasteiger partial charge < -0.3 is 29.7 Å². The van der Waals surface area contributed by atoms with Crippen LogP contribution in [0.1, 0.15) is 23.9 Å². The van der Waals surface area contributed by atoms with Crippen LogP contribution in [0, 0.1) is 0 Å². The van der Waals surface area contributed by atoms with E-state index >= 15 is 0 Å². The van der Waals surface area contributed by atoms with Gasteiger partial charge in [-0.2, -0.15) is 0 Å². The van der Waals surface area contributed by atoms with Crippen molar-refractivity contribution in [3.8, 4) is 0 Å². The van der Waals surface area contributed by atoms with Crippen molar-refractivity contribution in [1.82, 2.24) is 25.5 Å². The molecule has 3 aromatic rings. The number of morpholine rings is 1. The quantitative estimate of drug-likeness (QED) is 0.550. The van der Waals surface area contributed by atoms with E-state index in [2.05, 4.69) is 38.6 Å². The van der Waals surface area contributed by atoms with Crippen LogP contribution >= 0.6 is 0 Å². The number of hydrogen-bond donors (Lipinski definition) is 2. The Hall–Kier alpha value is -4.15. The van der Waals surface area contributed by atoms with Crippen molar-refractivity contribution in [2.45, 2.75) is 18.6 Å². The van der Waals surface area contributed by atoms with Crippen molar-refractivity contribution in [1.29, 1.82) is 0 Å². The lowest BCUT2D eigenvalue weighted by atomic mass is 9.98. The first kappa shape index (κ1) is 23.3. The Morgan fingerprint density at radius 3 is 2.65 bits per heavy atom. The predicted octanol–water partition coefficient (Wildman–Crippen LogP) is 3.72. The molecule has 190 valence electrons. The third kappa shape index (κ3) is 4.34. The molecule has 1 aromatic heterocycles. The molecule has 37 heavy (non-hydrogen) atoms. The number of aliphatic imine (C=N–C) groups is 1. The Kier molecular flexibility index (Phi) is 5.90. The molecule has 1 saturated heterocycles. The fourth-order valence-electron chi connectivity index (χ4n) is 4.92. The summed E-state index contributed by atoms with van der Waals surface area (Å²) in [5.74, 6) is 0.448. The van der Waals surface area contributed by atoms with Crippen LogP contribution in [0.3, 0.4) is 0 Å². The number of rotatable bonds is 5. The van der Waals surface area contributed by atoms with Crippen molar-refractivity contribution in [3.63, 3.8) is 0 Å². The lowest BCUT2D eigenvalue weighted by Gasteiger charge is -2.35. The van der Waals surface area contributed by atoms with Gasteiger partial charge in [-0.05, 0) is 12.5 Å². The van der Waals surface area contributed by atoms with Crippen LogP contribution in [0.2, 0.25) is 0 Å². The Labute approximate surface area is 215 Å². The van der Waals surface area contributed by atoms with Crippen LogP contribution in [0.4, 0.5) is 11.7 Å². The molecule has 6 rings (SSSR count). The average molecular weight is 498 g/mol. The molecule has 2 atom stereocenters. The number of hydrogen-bond acceptors (Lipinski definition) is 9. The number of nitrogens with zero attached hydrogens (tertiary/aromatic N) is 6. The zero-order valence-electron chi connectivity index (χ0n) is 20.9. The number of fused-ring (bicyclic) bond motifs is 1. The van der Waals surface area contributed by atoms with Crippen molar-refractivity contribution in [3.05, 3.63) is 101 Å². The first-order valence-corrected chi connectivity index (χ1v) is 12.3. The molecule has 0 bridgehead atoms. The molecule has 2 aromatic carbocycles. The molecule has 0 radical (unpaired) electrons. The van der Waals surface area contributed by atoms with Crippen molar-refractivity contribution in [2.24, 2.45) is 4.99 Å². The van der Waals surface area contributed by atoms with Gasteiger partial charge in [0.15, 0.2) is 5.54 Å². The number of para-hydroxylation sites is 1. The molecule has 10 heteroatoms. The SMILES string of the molecule is C=C1[N-]c2ccccc2C(c2ccccc2)=N[C@@H]1Nc1nnc(C2(C)NN(C)C=C2N2CCOCC2)o1. The maximum absolute atomic E-state index is 6.18. The molecule has 1 unspecified atom stereocenters. The number of benzene rings is 2. The molecule has 0 aliphatic carbocycles. The fourth-order valence-corrected chi connectivity index (χ4v) is 4.92. The van der Waals surface area contributed by atoms with Gasteiger partial charge in [0.2, 0.25) is 5.89 Å². The minimum Gasteiger partial charge on any atom is -0.658 e. The summed E-state index contributed by atoms with van der Waals surface area (Å²) in [5.41, 5.74) is 7.94. The van der Waals surface area contributed by atoms with Gasteiger partial charge >= 0.3 is 6.01 Å². The topological polar surface area (TPSA) is 105 Å². The molecule has 3 aliphatic rings. The van der Waals surface area contributed by atoms with Crippen molar-refractivity contribution >= 4 is 17.4 Å².